The Morgan fingerprint density at radius 3 is 2.21 bits per heavy atom. The Morgan fingerprint density at radius 1 is 0.941 bits per heavy atom. The van der Waals surface area contributed by atoms with Crippen LogP contribution in [0.2, 0.25) is 0 Å². The van der Waals surface area contributed by atoms with Gasteiger partial charge in [0, 0.05) is 12.0 Å². The van der Waals surface area contributed by atoms with Crippen molar-refractivity contribution in [3.63, 3.8) is 0 Å². The maximum absolute atomic E-state index is 13.0. The van der Waals surface area contributed by atoms with E-state index >= 15 is 0 Å². The maximum Gasteiger partial charge on any atom is 0.407 e. The van der Waals surface area contributed by atoms with Crippen LogP contribution in [0.25, 0.3) is 11.1 Å². The van der Waals surface area contributed by atoms with Gasteiger partial charge in [0.2, 0.25) is 5.91 Å². The summed E-state index contributed by atoms with van der Waals surface area (Å²) in [4.78, 5) is 37.2. The summed E-state index contributed by atoms with van der Waals surface area (Å²) in [6, 6.07) is 15.2. The van der Waals surface area contributed by atoms with Gasteiger partial charge in [-0.05, 0) is 47.4 Å². The van der Waals surface area contributed by atoms with E-state index in [1.165, 1.54) is 0 Å². The lowest BCUT2D eigenvalue weighted by atomic mass is 9.98. The molecule has 3 aliphatic carbocycles. The second-order valence-electron chi connectivity index (χ2n) is 9.69. The number of carboxylic acid groups (broad SMARTS) is 1. The van der Waals surface area contributed by atoms with Crippen molar-refractivity contribution in [1.29, 1.82) is 0 Å². The third-order valence-electron chi connectivity index (χ3n) is 7.38. The van der Waals surface area contributed by atoms with Gasteiger partial charge in [0.15, 0.2) is 0 Å². The Hall–Kier alpha value is -3.35. The first-order valence-electron chi connectivity index (χ1n) is 12.2. The van der Waals surface area contributed by atoms with Gasteiger partial charge < -0.3 is 20.5 Å². The summed E-state index contributed by atoms with van der Waals surface area (Å²) in [5.74, 6) is -1.42. The van der Waals surface area contributed by atoms with Gasteiger partial charge >= 0.3 is 12.1 Å². The number of aliphatic carboxylic acids is 1. The Kier molecular flexibility index (Phi) is 6.26. The number of rotatable bonds is 8. The molecule has 0 spiro atoms. The minimum absolute atomic E-state index is 0.0522. The molecule has 0 aliphatic heterocycles. The third kappa shape index (κ3) is 4.65. The predicted octanol–water partition coefficient (Wildman–Crippen LogP) is 4.06. The highest BCUT2D eigenvalue weighted by atomic mass is 16.5. The van der Waals surface area contributed by atoms with Crippen LogP contribution in [0.15, 0.2) is 48.5 Å². The Bertz CT molecular complexity index is 1050. The number of carbonyl (C=O) groups excluding carboxylic acids is 2. The van der Waals surface area contributed by atoms with E-state index in [9.17, 15) is 19.5 Å². The van der Waals surface area contributed by atoms with Crippen LogP contribution in [0.3, 0.4) is 0 Å². The molecule has 7 nitrogen and oxygen atoms in total. The molecule has 2 aromatic rings. The number of carbonyl (C=O) groups is 3. The summed E-state index contributed by atoms with van der Waals surface area (Å²) in [5, 5.41) is 15.0. The van der Waals surface area contributed by atoms with Crippen molar-refractivity contribution in [2.75, 3.05) is 6.61 Å². The first-order valence-corrected chi connectivity index (χ1v) is 12.2. The predicted molar refractivity (Wildman–Crippen MR) is 126 cm³/mol. The summed E-state index contributed by atoms with van der Waals surface area (Å²) in [6.07, 6.45) is 3.98. The van der Waals surface area contributed by atoms with E-state index in [4.69, 9.17) is 4.74 Å². The average Bonchev–Trinajstić information content (AvgIpc) is 3.43. The molecule has 3 aliphatic rings. The molecular weight excluding hydrogens is 432 g/mol. The highest BCUT2D eigenvalue weighted by Gasteiger charge is 2.37. The van der Waals surface area contributed by atoms with Crippen LogP contribution >= 0.6 is 0 Å². The minimum Gasteiger partial charge on any atom is -0.481 e. The topological polar surface area (TPSA) is 105 Å². The number of alkyl carbamates (subject to hydrolysis) is 1. The number of amides is 2. The third-order valence-corrected chi connectivity index (χ3v) is 7.38. The molecule has 3 atom stereocenters. The molecule has 5 rings (SSSR count). The van der Waals surface area contributed by atoms with E-state index < -0.39 is 30.1 Å². The van der Waals surface area contributed by atoms with Crippen molar-refractivity contribution in [3.05, 3.63) is 59.7 Å². The molecule has 7 heteroatoms. The fraction of sp³-hybridized carbons (Fsp3) is 0.444. The molecule has 2 amide bonds. The molecule has 2 saturated carbocycles. The van der Waals surface area contributed by atoms with Crippen molar-refractivity contribution in [2.45, 2.75) is 56.5 Å². The molecule has 0 unspecified atom stereocenters. The van der Waals surface area contributed by atoms with E-state index in [0.717, 1.165) is 41.5 Å². The van der Waals surface area contributed by atoms with Crippen LogP contribution < -0.4 is 10.6 Å². The molecule has 0 heterocycles. The van der Waals surface area contributed by atoms with Gasteiger partial charge in [-0.25, -0.2) is 4.79 Å². The number of carboxylic acids is 1. The average molecular weight is 463 g/mol. The summed E-state index contributed by atoms with van der Waals surface area (Å²) < 4.78 is 5.63. The van der Waals surface area contributed by atoms with E-state index in [2.05, 4.69) is 34.9 Å². The van der Waals surface area contributed by atoms with E-state index in [-0.39, 0.29) is 18.4 Å². The van der Waals surface area contributed by atoms with E-state index in [1.54, 1.807) is 0 Å². The van der Waals surface area contributed by atoms with Crippen LogP contribution in [-0.4, -0.2) is 41.8 Å². The summed E-state index contributed by atoms with van der Waals surface area (Å²) in [5.41, 5.74) is 4.57. The minimum atomic E-state index is -0.883. The lowest BCUT2D eigenvalue weighted by Crippen LogP contribution is -2.51. The van der Waals surface area contributed by atoms with Crippen molar-refractivity contribution < 1.29 is 24.2 Å². The van der Waals surface area contributed by atoms with Gasteiger partial charge in [0.25, 0.3) is 0 Å². The number of hydrogen-bond acceptors (Lipinski definition) is 4. The summed E-state index contributed by atoms with van der Waals surface area (Å²) in [6.45, 7) is 0.182. The number of benzene rings is 2. The van der Waals surface area contributed by atoms with Crippen molar-refractivity contribution >= 4 is 18.0 Å². The molecule has 0 saturated heterocycles. The zero-order valence-electron chi connectivity index (χ0n) is 19.0. The fourth-order valence-electron chi connectivity index (χ4n) is 5.41. The number of ether oxygens (including phenoxy) is 1. The van der Waals surface area contributed by atoms with Crippen LogP contribution in [-0.2, 0) is 14.3 Å². The van der Waals surface area contributed by atoms with Crippen LogP contribution in [0, 0.1) is 11.8 Å². The first-order chi connectivity index (χ1) is 16.5. The lowest BCUT2D eigenvalue weighted by Gasteiger charge is -2.23. The second kappa shape index (κ2) is 9.49. The van der Waals surface area contributed by atoms with Crippen molar-refractivity contribution in [1.82, 2.24) is 10.6 Å². The van der Waals surface area contributed by atoms with Gasteiger partial charge in [0.1, 0.15) is 12.6 Å². The molecular formula is C27H30N2O5. The first kappa shape index (κ1) is 22.4. The zero-order valence-corrected chi connectivity index (χ0v) is 19.0. The molecule has 178 valence electrons. The molecule has 2 aromatic carbocycles. The van der Waals surface area contributed by atoms with Crippen molar-refractivity contribution in [2.24, 2.45) is 11.8 Å². The highest BCUT2D eigenvalue weighted by Crippen LogP contribution is 2.44. The van der Waals surface area contributed by atoms with Gasteiger partial charge in [-0.15, -0.1) is 0 Å². The van der Waals surface area contributed by atoms with Crippen molar-refractivity contribution in [3.8, 4) is 11.1 Å². The van der Waals surface area contributed by atoms with Crippen LogP contribution in [0.5, 0.6) is 0 Å². The fourth-order valence-corrected chi connectivity index (χ4v) is 5.41. The summed E-state index contributed by atoms with van der Waals surface area (Å²) >= 11 is 0. The number of hydrogen-bond donors (Lipinski definition) is 3. The zero-order chi connectivity index (χ0) is 23.7. The van der Waals surface area contributed by atoms with E-state index in [1.807, 2.05) is 24.3 Å². The largest absolute Gasteiger partial charge is 0.481 e. The smallest absolute Gasteiger partial charge is 0.407 e. The summed E-state index contributed by atoms with van der Waals surface area (Å²) in [7, 11) is 0. The highest BCUT2D eigenvalue weighted by molar-refractivity contribution is 5.86. The van der Waals surface area contributed by atoms with Gasteiger partial charge in [-0.3, -0.25) is 9.59 Å². The number of fused-ring (bicyclic) bond motifs is 3. The Labute approximate surface area is 198 Å². The molecule has 0 aromatic heterocycles. The molecule has 0 radical (unpaired) electrons. The Morgan fingerprint density at radius 2 is 1.59 bits per heavy atom. The standard InChI is InChI=1S/C27H30N2O5/c30-25(28-23-11-5-10-21(23)26(31)32)24(14-16-12-13-16)29-27(33)34-15-22-19-8-3-1-6-17(19)18-7-2-4-9-20(18)22/h1-4,6-9,16,21-24H,5,10-15H2,(H,28,30)(H,29,33)(H,31,32)/t21-,23+,24+/m1/s1. The van der Waals surface area contributed by atoms with Gasteiger partial charge in [-0.2, -0.15) is 0 Å². The molecule has 2 fully saturated rings. The normalized spacial score (nSPS) is 21.9. The molecule has 3 N–H and O–H groups in total. The van der Waals surface area contributed by atoms with Gasteiger partial charge in [-0.1, -0.05) is 67.8 Å². The second-order valence-corrected chi connectivity index (χ2v) is 9.69. The van der Waals surface area contributed by atoms with Crippen LogP contribution in [0.1, 0.15) is 55.6 Å². The monoisotopic (exact) mass is 462 g/mol. The SMILES string of the molecule is O=C(N[C@@H](CC1CC1)C(=O)N[C@H]1CCC[C@H]1C(=O)O)OCC1c2ccccc2-c2ccccc21. The molecule has 0 bridgehead atoms. The van der Waals surface area contributed by atoms with E-state index in [0.29, 0.717) is 25.2 Å². The van der Waals surface area contributed by atoms with Crippen LogP contribution in [0.4, 0.5) is 4.79 Å². The maximum atomic E-state index is 13.0. The Balaban J connectivity index is 1.22. The van der Waals surface area contributed by atoms with Gasteiger partial charge in [0.05, 0.1) is 5.92 Å². The quantitative estimate of drug-likeness (QED) is 0.549. The lowest BCUT2D eigenvalue weighted by molar-refractivity contribution is -0.142. The number of nitrogens with one attached hydrogen (secondary N) is 2. The molecule has 34 heavy (non-hydrogen) atoms.